The van der Waals surface area contributed by atoms with Gasteiger partial charge in [-0.1, -0.05) is 202 Å². The summed E-state index contributed by atoms with van der Waals surface area (Å²) in [5.41, 5.74) is 0. The summed E-state index contributed by atoms with van der Waals surface area (Å²) in [6.07, 6.45) is 64.4. The van der Waals surface area contributed by atoms with Crippen LogP contribution >= 0.6 is 0 Å². The van der Waals surface area contributed by atoms with Crippen LogP contribution in [0.2, 0.25) is 0 Å². The van der Waals surface area contributed by atoms with Crippen molar-refractivity contribution in [2.24, 2.45) is 0 Å². The number of rotatable bonds is 41. The summed E-state index contributed by atoms with van der Waals surface area (Å²) in [6.45, 7) is 4.27. The van der Waals surface area contributed by atoms with E-state index in [0.29, 0.717) is 6.42 Å². The van der Waals surface area contributed by atoms with Crippen molar-refractivity contribution in [3.63, 3.8) is 0 Å². The Morgan fingerprint density at radius 1 is 0.444 bits per heavy atom. The first-order valence-corrected chi connectivity index (χ1v) is 23.2. The topological polar surface area (TPSA) is 69.6 Å². The van der Waals surface area contributed by atoms with Gasteiger partial charge in [-0.25, -0.2) is 0 Å². The third-order valence-corrected chi connectivity index (χ3v) is 10.1. The number of hydrogen-bond donors (Lipinski definition) is 3. The quantitative estimate of drug-likeness (QED) is 0.0430. The predicted octanol–water partition coefficient (Wildman–Crippen LogP) is 14.7. The lowest BCUT2D eigenvalue weighted by molar-refractivity contribution is -0.123. The van der Waals surface area contributed by atoms with Crippen molar-refractivity contribution in [2.75, 3.05) is 6.61 Å². The second-order valence-electron chi connectivity index (χ2n) is 15.4. The normalized spacial score (nSPS) is 13.6. The molecule has 2 unspecified atom stereocenters. The van der Waals surface area contributed by atoms with E-state index in [-0.39, 0.29) is 12.5 Å². The standard InChI is InChI=1S/C50H89NO3/c1-3-5-7-9-11-13-15-17-19-21-22-23-24-25-26-27-28-30-32-34-36-38-40-42-44-46-50(54)51-48(47-52)49(53)45-43-41-39-37-35-33-31-29-20-18-16-14-12-10-8-6-4-2/h15,17,20-22,24-25,29,35,37,43,45,48-49,52-53H,3-14,16,18-19,23,26-28,30-34,36,38-42,44,46-47H2,1-2H3,(H,51,54)/b17-15-,22-21-,25-24-,29-20+,37-35+,45-43+. The van der Waals surface area contributed by atoms with Crippen molar-refractivity contribution >= 4 is 5.91 Å². The van der Waals surface area contributed by atoms with Gasteiger partial charge in [-0.05, 0) is 83.5 Å². The number of nitrogens with one attached hydrogen (secondary N) is 1. The van der Waals surface area contributed by atoms with E-state index in [4.69, 9.17) is 0 Å². The van der Waals surface area contributed by atoms with Crippen LogP contribution in [-0.2, 0) is 4.79 Å². The zero-order valence-electron chi connectivity index (χ0n) is 35.7. The average Bonchev–Trinajstić information content (AvgIpc) is 3.18. The molecule has 0 bridgehead atoms. The molecule has 4 heteroatoms. The van der Waals surface area contributed by atoms with Crippen LogP contribution in [0.3, 0.4) is 0 Å². The van der Waals surface area contributed by atoms with Crippen LogP contribution < -0.4 is 5.32 Å². The molecular formula is C50H89NO3. The van der Waals surface area contributed by atoms with Gasteiger partial charge in [0.1, 0.15) is 0 Å². The van der Waals surface area contributed by atoms with Crippen LogP contribution in [0, 0.1) is 0 Å². The fraction of sp³-hybridized carbons (Fsp3) is 0.740. The summed E-state index contributed by atoms with van der Waals surface area (Å²) in [4.78, 5) is 12.4. The van der Waals surface area contributed by atoms with Gasteiger partial charge >= 0.3 is 0 Å². The van der Waals surface area contributed by atoms with Crippen LogP contribution in [0.15, 0.2) is 72.9 Å². The molecule has 0 aromatic heterocycles. The highest BCUT2D eigenvalue weighted by atomic mass is 16.3. The van der Waals surface area contributed by atoms with Gasteiger partial charge in [0.2, 0.25) is 5.91 Å². The number of carbonyl (C=O) groups excluding carboxylic acids is 1. The largest absolute Gasteiger partial charge is 0.394 e. The lowest BCUT2D eigenvalue weighted by atomic mass is 10.0. The molecule has 0 aliphatic rings. The Labute approximate surface area is 336 Å². The average molecular weight is 752 g/mol. The molecule has 0 fully saturated rings. The Bertz CT molecular complexity index is 946. The molecule has 3 N–H and O–H groups in total. The summed E-state index contributed by atoms with van der Waals surface area (Å²) in [6, 6.07) is -0.651. The van der Waals surface area contributed by atoms with Gasteiger partial charge in [0.05, 0.1) is 18.8 Å². The Balaban J connectivity index is 3.64. The number of unbranched alkanes of at least 4 members (excludes halogenated alkanes) is 24. The number of amides is 1. The molecule has 0 rings (SSSR count). The third-order valence-electron chi connectivity index (χ3n) is 10.1. The highest BCUT2D eigenvalue weighted by Crippen LogP contribution is 2.13. The predicted molar refractivity (Wildman–Crippen MR) is 239 cm³/mol. The molecule has 0 radical (unpaired) electrons. The van der Waals surface area contributed by atoms with Gasteiger partial charge in [0.15, 0.2) is 0 Å². The number of carbonyl (C=O) groups is 1. The Morgan fingerprint density at radius 2 is 0.778 bits per heavy atom. The van der Waals surface area contributed by atoms with Gasteiger partial charge in [-0.3, -0.25) is 4.79 Å². The van der Waals surface area contributed by atoms with E-state index in [2.05, 4.69) is 79.9 Å². The molecule has 0 saturated carbocycles. The molecule has 0 spiro atoms. The maximum atomic E-state index is 12.4. The number of aliphatic hydroxyl groups is 2. The minimum atomic E-state index is -0.875. The zero-order valence-corrected chi connectivity index (χ0v) is 35.7. The minimum absolute atomic E-state index is 0.0845. The molecule has 0 heterocycles. The Morgan fingerprint density at radius 3 is 1.20 bits per heavy atom. The molecule has 54 heavy (non-hydrogen) atoms. The Kier molecular flexibility index (Phi) is 43.4. The zero-order chi connectivity index (χ0) is 39.3. The smallest absolute Gasteiger partial charge is 0.220 e. The fourth-order valence-corrected chi connectivity index (χ4v) is 6.57. The van der Waals surface area contributed by atoms with Gasteiger partial charge in [0.25, 0.3) is 0 Å². The van der Waals surface area contributed by atoms with E-state index in [9.17, 15) is 15.0 Å². The lowest BCUT2D eigenvalue weighted by Gasteiger charge is -2.19. The van der Waals surface area contributed by atoms with E-state index in [0.717, 1.165) is 51.4 Å². The highest BCUT2D eigenvalue weighted by Gasteiger charge is 2.17. The number of hydrogen-bond acceptors (Lipinski definition) is 3. The number of aliphatic hydroxyl groups excluding tert-OH is 2. The van der Waals surface area contributed by atoms with Crippen LogP contribution in [0.4, 0.5) is 0 Å². The number of allylic oxidation sites excluding steroid dienone is 11. The molecule has 0 aromatic carbocycles. The third kappa shape index (κ3) is 41.0. The van der Waals surface area contributed by atoms with Gasteiger partial charge in [-0.2, -0.15) is 0 Å². The maximum Gasteiger partial charge on any atom is 0.220 e. The van der Waals surface area contributed by atoms with Crippen molar-refractivity contribution in [1.82, 2.24) is 5.32 Å². The second-order valence-corrected chi connectivity index (χ2v) is 15.4. The summed E-state index contributed by atoms with van der Waals surface area (Å²) in [5, 5.41) is 23.0. The molecule has 0 saturated heterocycles. The fourth-order valence-electron chi connectivity index (χ4n) is 6.57. The molecule has 0 aromatic rings. The van der Waals surface area contributed by atoms with Crippen LogP contribution in [-0.4, -0.2) is 34.9 Å². The SMILES string of the molecule is CCCCCCC/C=C\C/C=C\C/C=C\CCCCCCCCCCCCC(=O)NC(CO)C(O)/C=C/CC/C=C/CC/C=C/CCCCCCCCC. The van der Waals surface area contributed by atoms with E-state index in [1.165, 1.54) is 148 Å². The summed E-state index contributed by atoms with van der Waals surface area (Å²) >= 11 is 0. The van der Waals surface area contributed by atoms with Crippen LogP contribution in [0.5, 0.6) is 0 Å². The summed E-state index contributed by atoms with van der Waals surface area (Å²) in [7, 11) is 0. The first-order valence-electron chi connectivity index (χ1n) is 23.2. The van der Waals surface area contributed by atoms with Crippen LogP contribution in [0.25, 0.3) is 0 Å². The van der Waals surface area contributed by atoms with Crippen molar-refractivity contribution in [1.29, 1.82) is 0 Å². The summed E-state index contributed by atoms with van der Waals surface area (Å²) in [5.74, 6) is -0.0845. The monoisotopic (exact) mass is 752 g/mol. The first kappa shape index (κ1) is 51.8. The molecule has 2 atom stereocenters. The van der Waals surface area contributed by atoms with E-state index in [1.807, 2.05) is 6.08 Å². The van der Waals surface area contributed by atoms with E-state index in [1.54, 1.807) is 6.08 Å². The van der Waals surface area contributed by atoms with Crippen molar-refractivity contribution in [3.05, 3.63) is 72.9 Å². The molecule has 312 valence electrons. The molecule has 0 aliphatic heterocycles. The lowest BCUT2D eigenvalue weighted by Crippen LogP contribution is -2.45. The second kappa shape index (κ2) is 45.2. The Hall–Kier alpha value is -2.17. The molecular weight excluding hydrogens is 663 g/mol. The van der Waals surface area contributed by atoms with Gasteiger partial charge in [-0.15, -0.1) is 0 Å². The highest BCUT2D eigenvalue weighted by molar-refractivity contribution is 5.76. The van der Waals surface area contributed by atoms with Crippen LogP contribution in [0.1, 0.15) is 219 Å². The van der Waals surface area contributed by atoms with Gasteiger partial charge in [0, 0.05) is 6.42 Å². The van der Waals surface area contributed by atoms with Crippen molar-refractivity contribution in [3.8, 4) is 0 Å². The first-order chi connectivity index (χ1) is 26.7. The minimum Gasteiger partial charge on any atom is -0.394 e. The molecule has 0 aliphatic carbocycles. The summed E-state index contributed by atoms with van der Waals surface area (Å²) < 4.78 is 0. The van der Waals surface area contributed by atoms with E-state index >= 15 is 0 Å². The van der Waals surface area contributed by atoms with E-state index < -0.39 is 12.1 Å². The maximum absolute atomic E-state index is 12.4. The molecule has 4 nitrogen and oxygen atoms in total. The molecule has 1 amide bonds. The van der Waals surface area contributed by atoms with Crippen molar-refractivity contribution in [2.45, 2.75) is 231 Å². The van der Waals surface area contributed by atoms with Crippen molar-refractivity contribution < 1.29 is 15.0 Å². The van der Waals surface area contributed by atoms with Gasteiger partial charge < -0.3 is 15.5 Å².